The van der Waals surface area contributed by atoms with Gasteiger partial charge in [0.05, 0.1) is 11.1 Å². The summed E-state index contributed by atoms with van der Waals surface area (Å²) in [4.78, 5) is 2.20. The summed E-state index contributed by atoms with van der Waals surface area (Å²) in [5.41, 5.74) is 9.19. The van der Waals surface area contributed by atoms with Gasteiger partial charge in [0, 0.05) is 18.8 Å². The molecule has 0 aliphatic heterocycles. The smallest absolute Gasteiger partial charge is 0.141 e. The molecule has 0 radical (unpaired) electrons. The Labute approximate surface area is 130 Å². The van der Waals surface area contributed by atoms with Gasteiger partial charge in [-0.15, -0.1) is 0 Å². The average molecular weight is 307 g/mol. The van der Waals surface area contributed by atoms with Crippen molar-refractivity contribution in [2.24, 2.45) is 5.73 Å². The Hall–Kier alpha value is -1.58. The second-order valence-corrected chi connectivity index (χ2v) is 5.45. The SMILES string of the molecule is CCN(c1ccc(C)cc1)C(CN)c1ccc(F)c(Cl)c1. The Bertz CT molecular complexity index is 598. The number of halogens is 2. The first-order chi connectivity index (χ1) is 10.1. The van der Waals surface area contributed by atoms with Crippen LogP contribution in [0.2, 0.25) is 5.02 Å². The summed E-state index contributed by atoms with van der Waals surface area (Å²) in [7, 11) is 0. The van der Waals surface area contributed by atoms with Gasteiger partial charge in [0.25, 0.3) is 0 Å². The summed E-state index contributed by atoms with van der Waals surface area (Å²) in [6.07, 6.45) is 0. The van der Waals surface area contributed by atoms with Crippen molar-refractivity contribution in [3.05, 3.63) is 64.4 Å². The second-order valence-electron chi connectivity index (χ2n) is 5.05. The van der Waals surface area contributed by atoms with Crippen molar-refractivity contribution in [1.29, 1.82) is 0 Å². The molecule has 0 aliphatic rings. The molecule has 0 spiro atoms. The van der Waals surface area contributed by atoms with E-state index in [-0.39, 0.29) is 11.1 Å². The number of nitrogens with two attached hydrogens (primary N) is 1. The minimum absolute atomic E-state index is 0.0317. The van der Waals surface area contributed by atoms with Crippen LogP contribution in [0.5, 0.6) is 0 Å². The highest BCUT2D eigenvalue weighted by atomic mass is 35.5. The van der Waals surface area contributed by atoms with E-state index in [1.165, 1.54) is 11.6 Å². The normalized spacial score (nSPS) is 12.2. The zero-order valence-corrected chi connectivity index (χ0v) is 13.1. The number of likely N-dealkylation sites (N-methyl/N-ethyl adjacent to an activating group) is 1. The summed E-state index contributed by atoms with van der Waals surface area (Å²) in [5.74, 6) is -0.408. The third kappa shape index (κ3) is 3.55. The monoisotopic (exact) mass is 306 g/mol. The van der Waals surface area contributed by atoms with Crippen molar-refractivity contribution in [2.75, 3.05) is 18.0 Å². The topological polar surface area (TPSA) is 29.3 Å². The van der Waals surface area contributed by atoms with Crippen LogP contribution in [0.3, 0.4) is 0 Å². The number of benzene rings is 2. The molecule has 0 amide bonds. The molecule has 1 atom stereocenters. The predicted molar refractivity (Wildman–Crippen MR) is 87.4 cm³/mol. The largest absolute Gasteiger partial charge is 0.363 e. The highest BCUT2D eigenvalue weighted by Gasteiger charge is 2.19. The molecule has 2 N–H and O–H groups in total. The fourth-order valence-electron chi connectivity index (χ4n) is 2.48. The van der Waals surface area contributed by atoms with Crippen molar-refractivity contribution in [3.8, 4) is 0 Å². The van der Waals surface area contributed by atoms with Gasteiger partial charge in [-0.1, -0.05) is 35.4 Å². The van der Waals surface area contributed by atoms with E-state index >= 15 is 0 Å². The maximum absolute atomic E-state index is 13.3. The van der Waals surface area contributed by atoms with Gasteiger partial charge in [-0.2, -0.15) is 0 Å². The predicted octanol–water partition coefficient (Wildman–Crippen LogP) is 4.31. The van der Waals surface area contributed by atoms with Crippen LogP contribution in [-0.4, -0.2) is 13.1 Å². The molecule has 0 saturated carbocycles. The molecule has 0 fully saturated rings. The van der Waals surface area contributed by atoms with Crippen LogP contribution in [0.25, 0.3) is 0 Å². The van der Waals surface area contributed by atoms with Gasteiger partial charge >= 0.3 is 0 Å². The van der Waals surface area contributed by atoms with Gasteiger partial charge in [-0.05, 0) is 43.7 Å². The van der Waals surface area contributed by atoms with E-state index in [4.69, 9.17) is 17.3 Å². The van der Waals surface area contributed by atoms with Gasteiger partial charge < -0.3 is 10.6 Å². The van der Waals surface area contributed by atoms with Crippen molar-refractivity contribution in [1.82, 2.24) is 0 Å². The van der Waals surface area contributed by atoms with Crippen LogP contribution in [0.4, 0.5) is 10.1 Å². The molecule has 0 saturated heterocycles. The Balaban J connectivity index is 2.36. The lowest BCUT2D eigenvalue weighted by Crippen LogP contribution is -2.33. The van der Waals surface area contributed by atoms with Crippen LogP contribution >= 0.6 is 11.6 Å². The molecule has 2 nitrogen and oxygen atoms in total. The number of rotatable bonds is 5. The molecule has 4 heteroatoms. The fraction of sp³-hybridized carbons (Fsp3) is 0.294. The minimum Gasteiger partial charge on any atom is -0.363 e. The number of aryl methyl sites for hydroxylation is 1. The highest BCUT2D eigenvalue weighted by molar-refractivity contribution is 6.30. The van der Waals surface area contributed by atoms with E-state index in [9.17, 15) is 4.39 Å². The number of nitrogens with zero attached hydrogens (tertiary/aromatic N) is 1. The molecular weight excluding hydrogens is 287 g/mol. The molecule has 0 aromatic heterocycles. The molecular formula is C17H20ClFN2. The first kappa shape index (κ1) is 15.8. The Morgan fingerprint density at radius 3 is 2.38 bits per heavy atom. The molecule has 0 aliphatic carbocycles. The summed E-state index contributed by atoms with van der Waals surface area (Å²) in [6, 6.07) is 13.1. The summed E-state index contributed by atoms with van der Waals surface area (Å²) >= 11 is 5.90. The van der Waals surface area contributed by atoms with Crippen molar-refractivity contribution in [3.63, 3.8) is 0 Å². The van der Waals surface area contributed by atoms with Gasteiger partial charge in [-0.3, -0.25) is 0 Å². The highest BCUT2D eigenvalue weighted by Crippen LogP contribution is 2.29. The van der Waals surface area contributed by atoms with Gasteiger partial charge in [0.1, 0.15) is 5.82 Å². The lowest BCUT2D eigenvalue weighted by atomic mass is 10.0. The Kier molecular flexibility index (Phi) is 5.21. The Morgan fingerprint density at radius 2 is 1.86 bits per heavy atom. The van der Waals surface area contributed by atoms with Crippen molar-refractivity contribution >= 4 is 17.3 Å². The van der Waals surface area contributed by atoms with E-state index < -0.39 is 5.82 Å². The summed E-state index contributed by atoms with van der Waals surface area (Å²) in [6.45, 7) is 5.37. The summed E-state index contributed by atoms with van der Waals surface area (Å²) in [5, 5.41) is 0.130. The standard InChI is InChI=1S/C17H20ClFN2/c1-3-21(14-7-4-12(2)5-8-14)17(11-20)13-6-9-16(19)15(18)10-13/h4-10,17H,3,11,20H2,1-2H3. The van der Waals surface area contributed by atoms with E-state index in [1.54, 1.807) is 12.1 Å². The molecule has 112 valence electrons. The minimum atomic E-state index is -0.408. The second kappa shape index (κ2) is 6.92. The third-order valence-corrected chi connectivity index (χ3v) is 3.92. The number of anilines is 1. The lowest BCUT2D eigenvalue weighted by Gasteiger charge is -2.32. The molecule has 0 bridgehead atoms. The van der Waals surface area contributed by atoms with E-state index in [1.807, 2.05) is 0 Å². The fourth-order valence-corrected chi connectivity index (χ4v) is 2.67. The zero-order valence-electron chi connectivity index (χ0n) is 12.3. The van der Waals surface area contributed by atoms with Crippen molar-refractivity contribution in [2.45, 2.75) is 19.9 Å². The van der Waals surface area contributed by atoms with Gasteiger partial charge in [-0.25, -0.2) is 4.39 Å². The molecule has 0 heterocycles. The van der Waals surface area contributed by atoms with Crippen LogP contribution < -0.4 is 10.6 Å². The maximum Gasteiger partial charge on any atom is 0.141 e. The van der Waals surface area contributed by atoms with Crippen LogP contribution in [0.1, 0.15) is 24.1 Å². The third-order valence-electron chi connectivity index (χ3n) is 3.63. The van der Waals surface area contributed by atoms with Crippen LogP contribution in [0.15, 0.2) is 42.5 Å². The zero-order chi connectivity index (χ0) is 15.4. The molecule has 2 aromatic carbocycles. The van der Waals surface area contributed by atoms with Crippen LogP contribution in [0, 0.1) is 12.7 Å². The van der Waals surface area contributed by atoms with Gasteiger partial charge in [0.15, 0.2) is 0 Å². The molecule has 21 heavy (non-hydrogen) atoms. The maximum atomic E-state index is 13.3. The average Bonchev–Trinajstić information content (AvgIpc) is 2.49. The van der Waals surface area contributed by atoms with Crippen LogP contribution in [-0.2, 0) is 0 Å². The molecule has 1 unspecified atom stereocenters. The first-order valence-corrected chi connectivity index (χ1v) is 7.43. The first-order valence-electron chi connectivity index (χ1n) is 7.05. The van der Waals surface area contributed by atoms with Crippen molar-refractivity contribution < 1.29 is 4.39 Å². The number of hydrogen-bond acceptors (Lipinski definition) is 2. The molecule has 2 aromatic rings. The van der Waals surface area contributed by atoms with E-state index in [0.717, 1.165) is 17.8 Å². The Morgan fingerprint density at radius 1 is 1.19 bits per heavy atom. The molecule has 2 rings (SSSR count). The summed E-state index contributed by atoms with van der Waals surface area (Å²) < 4.78 is 13.3. The van der Waals surface area contributed by atoms with Gasteiger partial charge in [0.2, 0.25) is 0 Å². The van der Waals surface area contributed by atoms with E-state index in [2.05, 4.69) is 43.0 Å². The lowest BCUT2D eigenvalue weighted by molar-refractivity contribution is 0.618. The number of hydrogen-bond donors (Lipinski definition) is 1. The quantitative estimate of drug-likeness (QED) is 0.891. The van der Waals surface area contributed by atoms with E-state index in [0.29, 0.717) is 6.54 Å².